The number of fused-ring (bicyclic) bond motifs is 2. The van der Waals surface area contributed by atoms with Gasteiger partial charge in [-0.3, -0.25) is 4.79 Å². The molecule has 0 N–H and O–H groups in total. The zero-order valence-electron chi connectivity index (χ0n) is 8.07. The van der Waals surface area contributed by atoms with Gasteiger partial charge in [0, 0.05) is 0 Å². The van der Waals surface area contributed by atoms with Crippen molar-refractivity contribution in [3.63, 3.8) is 0 Å². The van der Waals surface area contributed by atoms with Gasteiger partial charge in [0.1, 0.15) is 12.2 Å². The van der Waals surface area contributed by atoms with E-state index in [9.17, 15) is 4.79 Å². The highest BCUT2D eigenvalue weighted by molar-refractivity contribution is 5.78. The third-order valence-electron chi connectivity index (χ3n) is 4.82. The Labute approximate surface area is 82.8 Å². The summed E-state index contributed by atoms with van der Waals surface area (Å²) in [6.45, 7) is 0.536. The molecule has 2 aliphatic carbocycles. The minimum absolute atomic E-state index is 0.0128. The predicted molar refractivity (Wildman–Crippen MR) is 47.5 cm³/mol. The molecule has 0 unspecified atom stereocenters. The van der Waals surface area contributed by atoms with Gasteiger partial charge in [0.05, 0.1) is 12.0 Å². The minimum atomic E-state index is -0.160. The number of hydrogen-bond acceptors (Lipinski definition) is 3. The van der Waals surface area contributed by atoms with Crippen LogP contribution in [0.3, 0.4) is 0 Å². The minimum Gasteiger partial charge on any atom is -0.462 e. The van der Waals surface area contributed by atoms with E-state index in [1.165, 1.54) is 19.3 Å². The Morgan fingerprint density at radius 3 is 3.14 bits per heavy atom. The molecular formula is C11H14O3. The van der Waals surface area contributed by atoms with Crippen LogP contribution in [0.15, 0.2) is 0 Å². The van der Waals surface area contributed by atoms with Gasteiger partial charge < -0.3 is 9.47 Å². The first-order chi connectivity index (χ1) is 6.81. The van der Waals surface area contributed by atoms with Gasteiger partial charge in [-0.1, -0.05) is 6.42 Å². The molecule has 4 aliphatic rings. The summed E-state index contributed by atoms with van der Waals surface area (Å²) in [6.07, 6.45) is 5.28. The van der Waals surface area contributed by atoms with Crippen molar-refractivity contribution in [1.29, 1.82) is 0 Å². The molecule has 0 aromatic heterocycles. The van der Waals surface area contributed by atoms with Crippen LogP contribution in [0.2, 0.25) is 0 Å². The average Bonchev–Trinajstić information content (AvgIpc) is 2.72. The lowest BCUT2D eigenvalue weighted by molar-refractivity contribution is -0.151. The van der Waals surface area contributed by atoms with E-state index in [-0.39, 0.29) is 17.5 Å². The zero-order chi connectivity index (χ0) is 9.34. The highest BCUT2D eigenvalue weighted by Crippen LogP contribution is 2.63. The highest BCUT2D eigenvalue weighted by atomic mass is 16.6. The van der Waals surface area contributed by atoms with Crippen LogP contribution < -0.4 is 0 Å². The van der Waals surface area contributed by atoms with Crippen molar-refractivity contribution in [2.45, 2.75) is 37.4 Å². The van der Waals surface area contributed by atoms with E-state index in [0.29, 0.717) is 18.6 Å². The molecule has 14 heavy (non-hydrogen) atoms. The van der Waals surface area contributed by atoms with Gasteiger partial charge in [0.15, 0.2) is 0 Å². The van der Waals surface area contributed by atoms with Gasteiger partial charge in [-0.2, -0.15) is 0 Å². The van der Waals surface area contributed by atoms with E-state index in [1.54, 1.807) is 0 Å². The summed E-state index contributed by atoms with van der Waals surface area (Å²) in [5.74, 6) is 1.44. The molecule has 2 saturated heterocycles. The normalized spacial score (nSPS) is 58.7. The fourth-order valence-corrected chi connectivity index (χ4v) is 4.12. The van der Waals surface area contributed by atoms with Gasteiger partial charge in [-0.15, -0.1) is 0 Å². The second kappa shape index (κ2) is 2.16. The van der Waals surface area contributed by atoms with Crippen LogP contribution in [0.25, 0.3) is 0 Å². The molecule has 2 aliphatic heterocycles. The second-order valence-corrected chi connectivity index (χ2v) is 5.21. The number of carbonyl (C=O) groups is 1. The first-order valence-corrected chi connectivity index (χ1v) is 5.66. The van der Waals surface area contributed by atoms with Crippen molar-refractivity contribution in [3.05, 3.63) is 0 Å². The van der Waals surface area contributed by atoms with E-state index in [1.807, 2.05) is 0 Å². The summed E-state index contributed by atoms with van der Waals surface area (Å²) in [6, 6.07) is 0. The first-order valence-electron chi connectivity index (χ1n) is 5.66. The van der Waals surface area contributed by atoms with Crippen LogP contribution in [-0.4, -0.2) is 24.3 Å². The molecule has 3 nitrogen and oxygen atoms in total. The molecule has 3 heteroatoms. The number of ether oxygens (including phenoxy) is 2. The lowest BCUT2D eigenvalue weighted by Gasteiger charge is -2.44. The van der Waals surface area contributed by atoms with E-state index in [0.717, 1.165) is 12.3 Å². The van der Waals surface area contributed by atoms with Crippen LogP contribution in [0.4, 0.5) is 0 Å². The molecule has 5 atom stereocenters. The quantitative estimate of drug-likeness (QED) is 0.542. The van der Waals surface area contributed by atoms with E-state index in [4.69, 9.17) is 9.47 Å². The fraction of sp³-hybridized carbons (Fsp3) is 0.909. The largest absolute Gasteiger partial charge is 0.462 e. The van der Waals surface area contributed by atoms with Crippen LogP contribution >= 0.6 is 0 Å². The summed E-state index contributed by atoms with van der Waals surface area (Å²) >= 11 is 0. The Morgan fingerprint density at radius 1 is 1.36 bits per heavy atom. The summed E-state index contributed by atoms with van der Waals surface area (Å²) in [5.41, 5.74) is -0.160. The number of cyclic esters (lactones) is 1. The van der Waals surface area contributed by atoms with Crippen LogP contribution in [-0.2, 0) is 14.3 Å². The lowest BCUT2D eigenvalue weighted by atomic mass is 9.59. The molecule has 4 rings (SSSR count). The monoisotopic (exact) mass is 194 g/mol. The van der Waals surface area contributed by atoms with Gasteiger partial charge in [-0.25, -0.2) is 0 Å². The van der Waals surface area contributed by atoms with E-state index >= 15 is 0 Å². The Hall–Kier alpha value is -0.570. The standard InChI is InChI=1S/C11H14O3/c12-10-8-4-7-6-2-1-3-9(6)14-11(7,8)5-13-10/h6-9H,1-5H2/t6-,7-,8-,9-,11+/m0/s1. The summed E-state index contributed by atoms with van der Waals surface area (Å²) < 4.78 is 11.3. The van der Waals surface area contributed by atoms with Crippen molar-refractivity contribution in [2.24, 2.45) is 17.8 Å². The SMILES string of the molecule is O=C1OC[C@@]23O[C@H]4CCC[C@H]4[C@@H]2C[C@@H]13. The zero-order valence-corrected chi connectivity index (χ0v) is 8.07. The molecule has 76 valence electrons. The van der Waals surface area contributed by atoms with Crippen LogP contribution in [0, 0.1) is 17.8 Å². The molecular weight excluding hydrogens is 180 g/mol. The maximum absolute atomic E-state index is 11.4. The molecule has 4 fully saturated rings. The Bertz CT molecular complexity index is 314. The van der Waals surface area contributed by atoms with Crippen molar-refractivity contribution >= 4 is 5.97 Å². The van der Waals surface area contributed by atoms with Crippen LogP contribution in [0.5, 0.6) is 0 Å². The van der Waals surface area contributed by atoms with Gasteiger partial charge in [0.2, 0.25) is 0 Å². The third-order valence-corrected chi connectivity index (χ3v) is 4.82. The molecule has 0 radical (unpaired) electrons. The summed E-state index contributed by atoms with van der Waals surface area (Å²) in [4.78, 5) is 11.4. The van der Waals surface area contributed by atoms with Gasteiger partial charge in [-0.05, 0) is 31.1 Å². The molecule has 0 aromatic carbocycles. The number of rotatable bonds is 0. The topological polar surface area (TPSA) is 35.5 Å². The van der Waals surface area contributed by atoms with Gasteiger partial charge in [0.25, 0.3) is 0 Å². The van der Waals surface area contributed by atoms with E-state index in [2.05, 4.69) is 0 Å². The third kappa shape index (κ3) is 0.630. The highest BCUT2D eigenvalue weighted by Gasteiger charge is 2.72. The molecule has 2 saturated carbocycles. The fourth-order valence-electron chi connectivity index (χ4n) is 4.12. The van der Waals surface area contributed by atoms with Crippen molar-refractivity contribution < 1.29 is 14.3 Å². The molecule has 0 aromatic rings. The second-order valence-electron chi connectivity index (χ2n) is 5.21. The Kier molecular flexibility index (Phi) is 1.19. The van der Waals surface area contributed by atoms with Gasteiger partial charge >= 0.3 is 5.97 Å². The van der Waals surface area contributed by atoms with Crippen molar-refractivity contribution in [1.82, 2.24) is 0 Å². The summed E-state index contributed by atoms with van der Waals surface area (Å²) in [5, 5.41) is 0. The van der Waals surface area contributed by atoms with Crippen molar-refractivity contribution in [2.75, 3.05) is 6.61 Å². The number of hydrogen-bond donors (Lipinski definition) is 0. The van der Waals surface area contributed by atoms with Crippen molar-refractivity contribution in [3.8, 4) is 0 Å². The van der Waals surface area contributed by atoms with Crippen LogP contribution in [0.1, 0.15) is 25.7 Å². The average molecular weight is 194 g/mol. The Morgan fingerprint density at radius 2 is 2.29 bits per heavy atom. The smallest absolute Gasteiger partial charge is 0.312 e. The summed E-state index contributed by atoms with van der Waals surface area (Å²) in [7, 11) is 0. The molecule has 1 spiro atoms. The Balaban J connectivity index is 1.71. The predicted octanol–water partition coefficient (Wildman–Crippen LogP) is 1.12. The molecule has 0 bridgehead atoms. The maximum Gasteiger partial charge on any atom is 0.312 e. The molecule has 0 amide bonds. The first kappa shape index (κ1) is 7.69. The lowest BCUT2D eigenvalue weighted by Crippen LogP contribution is -2.55. The maximum atomic E-state index is 11.4. The molecule has 2 heterocycles. The number of carbonyl (C=O) groups excluding carboxylic acids is 1. The van der Waals surface area contributed by atoms with E-state index < -0.39 is 0 Å². The number of esters is 1.